The Morgan fingerprint density at radius 3 is 2.98 bits per heavy atom. The maximum absolute atomic E-state index is 13.6. The number of nitrogens with one attached hydrogen (secondary N) is 3. The van der Waals surface area contributed by atoms with E-state index in [4.69, 9.17) is 4.74 Å². The summed E-state index contributed by atoms with van der Waals surface area (Å²) in [6.07, 6.45) is 6.66. The van der Waals surface area contributed by atoms with Gasteiger partial charge in [-0.25, -0.2) is 9.97 Å². The molecule has 2 unspecified atom stereocenters. The Balaban J connectivity index is 1.14. The Labute approximate surface area is 232 Å². The van der Waals surface area contributed by atoms with E-state index in [0.29, 0.717) is 40.0 Å². The molecule has 0 aliphatic carbocycles. The number of benzene rings is 1. The lowest BCUT2D eigenvalue weighted by Gasteiger charge is -2.55. The number of piperidine rings is 1. The third-order valence-corrected chi connectivity index (χ3v) is 9.94. The number of amides is 1. The third kappa shape index (κ3) is 3.51. The van der Waals surface area contributed by atoms with Crippen LogP contribution >= 0.6 is 11.8 Å². The number of halogens is 3. The van der Waals surface area contributed by atoms with E-state index in [0.717, 1.165) is 6.04 Å². The first-order valence-corrected chi connectivity index (χ1v) is 13.9. The van der Waals surface area contributed by atoms with Gasteiger partial charge in [0, 0.05) is 49.6 Å². The lowest BCUT2D eigenvalue weighted by molar-refractivity contribution is -0.944. The summed E-state index contributed by atoms with van der Waals surface area (Å²) in [5.74, 6) is 6.39. The molecule has 13 heteroatoms. The number of thioether (sulfide) groups is 1. The zero-order chi connectivity index (χ0) is 27.9. The third-order valence-electron chi connectivity index (χ3n) is 9.12. The Bertz CT molecular complexity index is 1610. The second-order valence-corrected chi connectivity index (χ2v) is 11.8. The van der Waals surface area contributed by atoms with Crippen molar-refractivity contribution in [3.05, 3.63) is 41.9 Å². The molecule has 0 bridgehead atoms. The van der Waals surface area contributed by atoms with Gasteiger partial charge in [0.15, 0.2) is 17.0 Å². The highest BCUT2D eigenvalue weighted by Gasteiger charge is 2.98. The lowest BCUT2D eigenvalue weighted by atomic mass is 9.75. The minimum absolute atomic E-state index is 0.0370. The number of carbonyl (C=O) groups excluding carboxylic acids is 1. The standard InChI is InChI=1S/C27H26F3N7O2S/c1-31-24(38)15-5-7-17(20(12-15)39-2)32-9-3-4-18-25(40-27(28,29)30)36-11-10-33-22(23(36)34-18)35-21-19-8-6-16-13-26(21)14-37(16,19)26/h5,7,10-12,16,19,21H,6,8-9,13-14H2,1-2H3,(H2-,31,32,33,35,38)/p+1/t16-,19+,21-,26?,37?/m0/s1. The number of aromatic nitrogens is 3. The number of fused-ring (bicyclic) bond motifs is 1. The summed E-state index contributed by atoms with van der Waals surface area (Å²) < 4.78 is 48.7. The van der Waals surface area contributed by atoms with E-state index >= 15 is 0 Å². The normalized spacial score (nSPS) is 28.8. The molecule has 1 spiro atoms. The van der Waals surface area contributed by atoms with Crippen molar-refractivity contribution in [3.63, 3.8) is 0 Å². The highest BCUT2D eigenvalue weighted by Crippen LogP contribution is 2.77. The van der Waals surface area contributed by atoms with Gasteiger partial charge in [0.2, 0.25) is 0 Å². The average Bonchev–Trinajstić information content (AvgIpc) is 3.10. The summed E-state index contributed by atoms with van der Waals surface area (Å²) in [6.45, 7) is 1.33. The number of carbonyl (C=O) groups is 1. The zero-order valence-corrected chi connectivity index (χ0v) is 22.6. The molecule has 40 heavy (non-hydrogen) atoms. The van der Waals surface area contributed by atoms with Gasteiger partial charge < -0.3 is 20.7 Å². The van der Waals surface area contributed by atoms with Crippen LogP contribution in [0.15, 0.2) is 35.6 Å². The SMILES string of the molecule is CNC(=O)c1ccc(NCC#Cc2nc3c(N[C@H]4[C@H]5CC[C@H]6CC47C[N+]657)nccn3c2SC(F)(F)F)c(OC)c1. The van der Waals surface area contributed by atoms with Crippen molar-refractivity contribution in [1.29, 1.82) is 0 Å². The second kappa shape index (κ2) is 8.68. The molecule has 5 atom stereocenters. The molecule has 2 aromatic heterocycles. The van der Waals surface area contributed by atoms with Gasteiger partial charge in [0.1, 0.15) is 35.1 Å². The van der Waals surface area contributed by atoms with Gasteiger partial charge in [0.05, 0.1) is 31.8 Å². The van der Waals surface area contributed by atoms with E-state index in [9.17, 15) is 18.0 Å². The van der Waals surface area contributed by atoms with Crippen LogP contribution in [0.4, 0.5) is 24.7 Å². The molecular weight excluding hydrogens is 543 g/mol. The van der Waals surface area contributed by atoms with Gasteiger partial charge in [-0.1, -0.05) is 5.92 Å². The topological polar surface area (TPSA) is 92.6 Å². The van der Waals surface area contributed by atoms with Crippen molar-refractivity contribution >= 4 is 34.8 Å². The molecular formula is C27H27F3N7O2S+. The zero-order valence-electron chi connectivity index (χ0n) is 21.8. The minimum Gasteiger partial charge on any atom is -0.495 e. The van der Waals surface area contributed by atoms with E-state index in [1.165, 1.54) is 61.2 Å². The summed E-state index contributed by atoms with van der Waals surface area (Å²) in [6, 6.07) is 6.57. The van der Waals surface area contributed by atoms with Crippen molar-refractivity contribution < 1.29 is 27.2 Å². The molecule has 4 aliphatic rings. The van der Waals surface area contributed by atoms with Crippen molar-refractivity contribution in [2.45, 2.75) is 53.5 Å². The fourth-order valence-corrected chi connectivity index (χ4v) is 8.21. The van der Waals surface area contributed by atoms with Crippen LogP contribution in [0.25, 0.3) is 5.65 Å². The quantitative estimate of drug-likeness (QED) is 0.173. The predicted molar refractivity (Wildman–Crippen MR) is 143 cm³/mol. The van der Waals surface area contributed by atoms with Crippen LogP contribution in [0.3, 0.4) is 0 Å². The highest BCUT2D eigenvalue weighted by atomic mass is 32.2. The molecule has 208 valence electrons. The fraction of sp³-hybridized carbons (Fsp3) is 0.444. The smallest absolute Gasteiger partial charge is 0.447 e. The number of hydrogen-bond donors (Lipinski definition) is 3. The first kappa shape index (κ1) is 25.3. The van der Waals surface area contributed by atoms with Crippen LogP contribution in [-0.4, -0.2) is 81.2 Å². The summed E-state index contributed by atoms with van der Waals surface area (Å²) in [5.41, 5.74) is -2.80. The fourth-order valence-electron chi connectivity index (χ4n) is 7.55. The highest BCUT2D eigenvalue weighted by molar-refractivity contribution is 8.00. The van der Waals surface area contributed by atoms with Gasteiger partial charge in [0.25, 0.3) is 5.91 Å². The molecule has 3 N–H and O–H groups in total. The lowest BCUT2D eigenvalue weighted by Crippen LogP contribution is -2.77. The van der Waals surface area contributed by atoms with E-state index < -0.39 is 5.51 Å². The van der Waals surface area contributed by atoms with Gasteiger partial charge in [-0.2, -0.15) is 13.2 Å². The summed E-state index contributed by atoms with van der Waals surface area (Å²) in [7, 11) is 3.02. The Kier molecular flexibility index (Phi) is 5.50. The largest absolute Gasteiger partial charge is 0.495 e. The first-order chi connectivity index (χ1) is 19.2. The predicted octanol–water partition coefficient (Wildman–Crippen LogP) is 3.47. The molecule has 1 aromatic carbocycles. The van der Waals surface area contributed by atoms with Crippen molar-refractivity contribution in [1.82, 2.24) is 19.7 Å². The number of rotatable bonds is 7. The summed E-state index contributed by atoms with van der Waals surface area (Å²) in [5, 5.41) is 9.13. The minimum atomic E-state index is -4.51. The molecule has 4 fully saturated rings. The van der Waals surface area contributed by atoms with E-state index in [-0.39, 0.29) is 41.0 Å². The van der Waals surface area contributed by atoms with Gasteiger partial charge in [-0.3, -0.25) is 13.7 Å². The van der Waals surface area contributed by atoms with E-state index in [1.54, 1.807) is 18.2 Å². The number of methoxy groups -OCH3 is 1. The van der Waals surface area contributed by atoms with Crippen LogP contribution in [0.5, 0.6) is 5.75 Å². The number of nitrogens with zero attached hydrogens (tertiary/aromatic N) is 4. The molecule has 0 saturated carbocycles. The Morgan fingerprint density at radius 1 is 1.35 bits per heavy atom. The molecule has 3 aromatic rings. The Hall–Kier alpha value is -3.63. The molecule has 4 saturated heterocycles. The van der Waals surface area contributed by atoms with Crippen molar-refractivity contribution in [2.75, 3.05) is 37.9 Å². The first-order valence-electron chi connectivity index (χ1n) is 13.1. The van der Waals surface area contributed by atoms with Crippen LogP contribution in [-0.2, 0) is 0 Å². The number of hydrogen-bond acceptors (Lipinski definition) is 7. The molecule has 6 heterocycles. The summed E-state index contributed by atoms with van der Waals surface area (Å²) >= 11 is -0.231. The van der Waals surface area contributed by atoms with E-state index in [2.05, 4.69) is 37.8 Å². The second-order valence-electron chi connectivity index (χ2n) is 10.7. The van der Waals surface area contributed by atoms with Crippen LogP contribution in [0.2, 0.25) is 0 Å². The van der Waals surface area contributed by atoms with Crippen molar-refractivity contribution in [3.8, 4) is 17.6 Å². The van der Waals surface area contributed by atoms with E-state index in [1.807, 2.05) is 0 Å². The van der Waals surface area contributed by atoms with Crippen LogP contribution in [0, 0.1) is 11.8 Å². The number of quaternary nitrogens is 1. The Morgan fingerprint density at radius 2 is 2.20 bits per heavy atom. The monoisotopic (exact) mass is 570 g/mol. The molecule has 4 aliphatic heterocycles. The van der Waals surface area contributed by atoms with Crippen LogP contribution < -0.4 is 20.7 Å². The van der Waals surface area contributed by atoms with Crippen molar-refractivity contribution in [2.24, 2.45) is 0 Å². The van der Waals surface area contributed by atoms with Gasteiger partial charge in [-0.15, -0.1) is 0 Å². The molecule has 1 amide bonds. The summed E-state index contributed by atoms with van der Waals surface area (Å²) in [4.78, 5) is 20.9. The number of imidazole rings is 1. The van der Waals surface area contributed by atoms with Gasteiger partial charge >= 0.3 is 5.51 Å². The number of anilines is 2. The maximum atomic E-state index is 13.6. The number of alkyl halides is 3. The molecule has 0 radical (unpaired) electrons. The molecule has 7 rings (SSSR count). The van der Waals surface area contributed by atoms with Gasteiger partial charge in [-0.05, 0) is 24.1 Å². The van der Waals surface area contributed by atoms with Crippen LogP contribution in [0.1, 0.15) is 35.3 Å². The average molecular weight is 571 g/mol. The maximum Gasteiger partial charge on any atom is 0.447 e. The number of ether oxygens (including phenoxy) is 1. The molecule has 9 nitrogen and oxygen atoms in total.